The Balaban J connectivity index is 1.15. The number of alkyl halides is 5. The maximum atomic E-state index is 15.4. The number of anilines is 2. The van der Waals surface area contributed by atoms with Gasteiger partial charge in [0.1, 0.15) is 36.1 Å². The van der Waals surface area contributed by atoms with E-state index in [1.807, 2.05) is 27.7 Å². The van der Waals surface area contributed by atoms with Crippen LogP contribution in [-0.4, -0.2) is 89.0 Å². The van der Waals surface area contributed by atoms with Gasteiger partial charge in [0.05, 0.1) is 41.5 Å². The van der Waals surface area contributed by atoms with Gasteiger partial charge in [0.2, 0.25) is 11.8 Å². The van der Waals surface area contributed by atoms with Gasteiger partial charge in [-0.15, -0.1) is 0 Å². The highest BCUT2D eigenvalue weighted by Crippen LogP contribution is 2.42. The number of nitriles is 1. The first-order valence-electron chi connectivity index (χ1n) is 18.7. The van der Waals surface area contributed by atoms with Crippen LogP contribution in [0.4, 0.5) is 37.7 Å². The molecule has 2 aromatic carbocycles. The van der Waals surface area contributed by atoms with E-state index in [1.54, 1.807) is 29.2 Å². The third kappa shape index (κ3) is 9.62. The fourth-order valence-electron chi connectivity index (χ4n) is 6.89. The van der Waals surface area contributed by atoms with Crippen LogP contribution in [0.1, 0.15) is 65.5 Å². The van der Waals surface area contributed by atoms with Crippen molar-refractivity contribution in [1.29, 1.82) is 5.26 Å². The van der Waals surface area contributed by atoms with E-state index in [1.165, 1.54) is 43.1 Å². The molecule has 2 saturated heterocycles. The van der Waals surface area contributed by atoms with E-state index in [-0.39, 0.29) is 28.5 Å². The fraction of sp³-hybridized carbons (Fsp3) is 0.463. The fourth-order valence-corrected chi connectivity index (χ4v) is 7.40. The van der Waals surface area contributed by atoms with Gasteiger partial charge in [-0.1, -0.05) is 20.8 Å². The predicted molar refractivity (Wildman–Crippen MR) is 210 cm³/mol. The molecule has 3 amide bonds. The number of likely N-dealkylation sites (tertiary alicyclic amines) is 1. The van der Waals surface area contributed by atoms with Crippen molar-refractivity contribution in [2.75, 3.05) is 36.2 Å². The van der Waals surface area contributed by atoms with Crippen molar-refractivity contribution in [1.82, 2.24) is 15.2 Å². The van der Waals surface area contributed by atoms with Crippen LogP contribution in [0, 0.1) is 22.6 Å². The molecule has 3 aromatic rings. The minimum atomic E-state index is -5.22. The zero-order valence-corrected chi connectivity index (χ0v) is 34.0. The van der Waals surface area contributed by atoms with Gasteiger partial charge in [0.25, 0.3) is 5.91 Å². The third-order valence-corrected chi connectivity index (χ3v) is 10.5. The van der Waals surface area contributed by atoms with E-state index in [2.05, 4.69) is 10.3 Å². The van der Waals surface area contributed by atoms with E-state index in [0.717, 1.165) is 25.0 Å². The molecule has 18 heteroatoms. The Morgan fingerprint density at radius 2 is 1.71 bits per heavy atom. The summed E-state index contributed by atoms with van der Waals surface area (Å²) in [4.78, 5) is 47.5. The van der Waals surface area contributed by atoms with Crippen molar-refractivity contribution >= 4 is 46.4 Å². The van der Waals surface area contributed by atoms with Crippen LogP contribution in [-0.2, 0) is 25.3 Å². The molecule has 0 bridgehead atoms. The van der Waals surface area contributed by atoms with E-state index in [9.17, 15) is 36.3 Å². The number of carbonyl (C=O) groups is 3. The second kappa shape index (κ2) is 17.5. The van der Waals surface area contributed by atoms with Gasteiger partial charge in [-0.25, -0.2) is 13.2 Å². The molecule has 0 radical (unpaired) electrons. The van der Waals surface area contributed by atoms with Crippen LogP contribution in [0.3, 0.4) is 0 Å². The molecular formula is C41H44F6N6O5S. The van der Waals surface area contributed by atoms with Gasteiger partial charge < -0.3 is 24.6 Å². The zero-order chi connectivity index (χ0) is 43.6. The highest BCUT2D eigenvalue weighted by molar-refractivity contribution is 7.81. The quantitative estimate of drug-likeness (QED) is 0.139. The summed E-state index contributed by atoms with van der Waals surface area (Å²) in [5, 5.41) is 11.5. The highest BCUT2D eigenvalue weighted by Gasteiger charge is 2.52. The van der Waals surface area contributed by atoms with Crippen LogP contribution >= 0.6 is 12.2 Å². The molecule has 1 N–H and O–H groups in total. The summed E-state index contributed by atoms with van der Waals surface area (Å²) in [6, 6.07) is 11.6. The second-order valence-corrected chi connectivity index (χ2v) is 16.3. The Morgan fingerprint density at radius 3 is 2.27 bits per heavy atom. The van der Waals surface area contributed by atoms with Gasteiger partial charge in [-0.3, -0.25) is 24.3 Å². The summed E-state index contributed by atoms with van der Waals surface area (Å²) in [5.74, 6) is -3.22. The standard InChI is InChI=1S/C41H44F6N6O5S/c1-23-8-7-17-51(23)36(55)35(39(2,3)4)50-32(54)22-57-20-28(42)29(43)21-58-27-13-9-24(10-14-27)30-15-12-26(19-49-30)53-38(59)52(37(56)40(53,5)6)31-16-11-25(18-48)33(34(31)44)41(45,46)47/h9-16,19,23,28-29,35H,7-8,17,20-22H2,1-6H3,(H,50,54). The van der Waals surface area contributed by atoms with Gasteiger partial charge >= 0.3 is 6.18 Å². The summed E-state index contributed by atoms with van der Waals surface area (Å²) in [6.45, 7) is 9.04. The predicted octanol–water partition coefficient (Wildman–Crippen LogP) is 7.31. The number of thiocarbonyl (C=S) groups is 1. The van der Waals surface area contributed by atoms with Gasteiger partial charge in [0, 0.05) is 18.2 Å². The summed E-state index contributed by atoms with van der Waals surface area (Å²) < 4.78 is 96.4. The largest absolute Gasteiger partial charge is 0.490 e. The average Bonchev–Trinajstić information content (AvgIpc) is 3.67. The van der Waals surface area contributed by atoms with Gasteiger partial charge in [-0.2, -0.15) is 18.4 Å². The molecule has 2 fully saturated rings. The number of nitrogens with zero attached hydrogens (tertiary/aromatic N) is 5. The smallest absolute Gasteiger partial charge is 0.420 e. The average molecular weight is 847 g/mol. The topological polar surface area (TPSA) is 128 Å². The molecule has 0 saturated carbocycles. The highest BCUT2D eigenvalue weighted by atomic mass is 32.1. The number of amides is 3. The first-order chi connectivity index (χ1) is 27.6. The van der Waals surface area contributed by atoms with Crippen LogP contribution in [0.2, 0.25) is 0 Å². The van der Waals surface area contributed by atoms with Crippen molar-refractivity contribution in [3.63, 3.8) is 0 Å². The first-order valence-corrected chi connectivity index (χ1v) is 19.1. The van der Waals surface area contributed by atoms with Crippen molar-refractivity contribution in [2.24, 2.45) is 5.41 Å². The van der Waals surface area contributed by atoms with Crippen molar-refractivity contribution < 1.29 is 50.2 Å². The molecule has 11 nitrogen and oxygen atoms in total. The van der Waals surface area contributed by atoms with Crippen molar-refractivity contribution in [3.8, 4) is 23.1 Å². The summed E-state index contributed by atoms with van der Waals surface area (Å²) in [6.07, 6.45) is -6.27. The number of halogens is 6. The molecule has 2 aliphatic heterocycles. The second-order valence-electron chi connectivity index (χ2n) is 15.9. The van der Waals surface area contributed by atoms with E-state index < -0.39 is 89.8 Å². The Hall–Kier alpha value is -5.28. The molecule has 316 valence electrons. The van der Waals surface area contributed by atoms with Crippen LogP contribution in [0.25, 0.3) is 11.3 Å². The lowest BCUT2D eigenvalue weighted by molar-refractivity contribution is -0.141. The first kappa shape index (κ1) is 44.8. The molecule has 2 aliphatic rings. The van der Waals surface area contributed by atoms with Crippen LogP contribution in [0.5, 0.6) is 5.75 Å². The number of nitrogens with one attached hydrogen (secondary N) is 1. The SMILES string of the molecule is CC1CCCN1C(=O)C(NC(=O)COCC(F)C(F)COc1ccc(-c2ccc(N3C(=S)N(c4ccc(C#N)c(C(F)(F)F)c4F)C(=O)C3(C)C)cn2)cc1)C(C)(C)C. The van der Waals surface area contributed by atoms with E-state index in [4.69, 9.17) is 27.0 Å². The Morgan fingerprint density at radius 1 is 1.05 bits per heavy atom. The third-order valence-electron chi connectivity index (χ3n) is 10.2. The zero-order valence-electron chi connectivity index (χ0n) is 33.2. The summed E-state index contributed by atoms with van der Waals surface area (Å²) >= 11 is 5.48. The van der Waals surface area contributed by atoms with Gasteiger partial charge in [0.15, 0.2) is 23.3 Å². The number of pyridine rings is 1. The summed E-state index contributed by atoms with van der Waals surface area (Å²) in [7, 11) is 0. The number of carbonyl (C=O) groups excluding carboxylic acids is 3. The summed E-state index contributed by atoms with van der Waals surface area (Å²) in [5.41, 5.74) is -4.27. The number of ether oxygens (including phenoxy) is 2. The molecule has 0 spiro atoms. The lowest BCUT2D eigenvalue weighted by atomic mass is 9.85. The monoisotopic (exact) mass is 846 g/mol. The number of hydrogen-bond donors (Lipinski definition) is 1. The molecular weight excluding hydrogens is 803 g/mol. The minimum Gasteiger partial charge on any atom is -0.490 e. The van der Waals surface area contributed by atoms with Crippen molar-refractivity contribution in [2.45, 2.75) is 90.5 Å². The number of benzene rings is 2. The maximum Gasteiger partial charge on any atom is 0.420 e. The number of aromatic nitrogens is 1. The van der Waals surface area contributed by atoms with E-state index >= 15 is 4.39 Å². The van der Waals surface area contributed by atoms with E-state index in [0.29, 0.717) is 22.7 Å². The Kier molecular flexibility index (Phi) is 13.3. The van der Waals surface area contributed by atoms with Crippen LogP contribution in [0.15, 0.2) is 54.7 Å². The maximum absolute atomic E-state index is 15.4. The van der Waals surface area contributed by atoms with Crippen molar-refractivity contribution in [3.05, 3.63) is 71.7 Å². The number of hydrogen-bond acceptors (Lipinski definition) is 8. The molecule has 0 aliphatic carbocycles. The minimum absolute atomic E-state index is 0.0638. The molecule has 5 rings (SSSR count). The molecule has 59 heavy (non-hydrogen) atoms. The molecule has 1 aromatic heterocycles. The molecule has 4 unspecified atom stereocenters. The Bertz CT molecular complexity index is 2110. The van der Waals surface area contributed by atoms with Gasteiger partial charge in [-0.05, 0) is 99.8 Å². The lowest BCUT2D eigenvalue weighted by Crippen LogP contribution is -2.56. The normalized spacial score (nSPS) is 18.4. The van der Waals surface area contributed by atoms with Crippen LogP contribution < -0.4 is 19.9 Å². The molecule has 3 heterocycles. The lowest BCUT2D eigenvalue weighted by Gasteiger charge is -2.35. The number of rotatable bonds is 13. The Labute approximate surface area is 343 Å². The molecule has 4 atom stereocenters.